The molecule has 4 heteroatoms. The van der Waals surface area contributed by atoms with Gasteiger partial charge in [-0.15, -0.1) is 5.75 Å². The van der Waals surface area contributed by atoms with Crippen molar-refractivity contribution in [2.24, 2.45) is 0 Å². The highest BCUT2D eigenvalue weighted by molar-refractivity contribution is 5.85. The molecule has 13 heavy (non-hydrogen) atoms. The van der Waals surface area contributed by atoms with Crippen LogP contribution in [0.3, 0.4) is 0 Å². The Balaban J connectivity index is 0.000000437. The van der Waals surface area contributed by atoms with E-state index in [-0.39, 0.29) is 5.75 Å². The molecule has 0 saturated heterocycles. The molecular weight excluding hydrogens is 170 g/mol. The number of carboxylic acids is 1. The molecule has 0 bridgehead atoms. The van der Waals surface area contributed by atoms with Crippen LogP contribution in [0.15, 0.2) is 30.3 Å². The maximum Gasteiger partial charge on any atom is 0.342 e. The van der Waals surface area contributed by atoms with Crippen LogP contribution in [0.2, 0.25) is 5.65 Å². The van der Waals surface area contributed by atoms with Gasteiger partial charge in [-0.2, -0.15) is 0 Å². The lowest BCUT2D eigenvalue weighted by molar-refractivity contribution is -0.268. The number of hydrogen-bond donors (Lipinski definition) is 2. The fourth-order valence-electron chi connectivity index (χ4n) is 0.746. The summed E-state index contributed by atoms with van der Waals surface area (Å²) in [5.41, 5.74) is 0.706. The van der Waals surface area contributed by atoms with Crippen LogP contribution in [0.1, 0.15) is 5.56 Å². The van der Waals surface area contributed by atoms with Gasteiger partial charge in [-0.1, -0.05) is 24.3 Å². The van der Waals surface area contributed by atoms with Crippen molar-refractivity contribution in [3.8, 4) is 5.75 Å². The number of carboxylic acid groups (broad SMARTS) is 1. The van der Waals surface area contributed by atoms with Gasteiger partial charge in [-0.3, -0.25) is 0 Å². The third-order valence-corrected chi connectivity index (χ3v) is 1.30. The second kappa shape index (κ2) is 4.95. The Labute approximate surface area is 81.6 Å². The zero-order chi connectivity index (χ0) is 13.5. The van der Waals surface area contributed by atoms with Crippen LogP contribution in [0.25, 0.3) is 6.08 Å². The molecule has 0 amide bonds. The van der Waals surface area contributed by atoms with Crippen LogP contribution >= 0.6 is 0 Å². The normalized spacial score (nSPS) is 14.5. The van der Waals surface area contributed by atoms with Gasteiger partial charge in [0.25, 0.3) is 0 Å². The molecule has 0 atom stereocenters. The van der Waals surface area contributed by atoms with E-state index < -0.39 is 12.1 Å². The third-order valence-electron chi connectivity index (χ3n) is 1.30. The molecule has 0 saturated carbocycles. The van der Waals surface area contributed by atoms with Crippen molar-refractivity contribution in [1.82, 2.24) is 6.12 Å². The van der Waals surface area contributed by atoms with Gasteiger partial charge >= 0.3 is 11.6 Å². The Morgan fingerprint density at radius 2 is 2.08 bits per heavy atom. The van der Waals surface area contributed by atoms with Crippen LogP contribution < -0.4 is 11.2 Å². The van der Waals surface area contributed by atoms with E-state index >= 15 is 0 Å². The first-order chi connectivity index (χ1) is 7.68. The second-order valence-electron chi connectivity index (χ2n) is 2.24. The lowest BCUT2D eigenvalue weighted by Gasteiger charge is -2.02. The summed E-state index contributed by atoms with van der Waals surface area (Å²) >= 11 is 0. The molecule has 0 aliphatic heterocycles. The zero-order valence-electron chi connectivity index (χ0n) is 10.7. The minimum absolute atomic E-state index is 0.0810. The Hall–Kier alpha value is -1.81. The molecule has 0 radical (unpaired) electrons. The average molecular weight is 185 g/mol. The summed E-state index contributed by atoms with van der Waals surface area (Å²) in [6, 6.07) is 5.92. The third kappa shape index (κ3) is 3.93. The second-order valence-corrected chi connectivity index (χ2v) is 2.24. The molecule has 0 aromatic heterocycles. The van der Waals surface area contributed by atoms with Gasteiger partial charge in [-0.25, -0.2) is 4.79 Å². The van der Waals surface area contributed by atoms with Gasteiger partial charge in [-0.05, 0) is 11.6 Å². The minimum Gasteiger partial charge on any atom is -0.872 e. The Kier molecular flexibility index (Phi) is 2.20. The van der Waals surface area contributed by atoms with Crippen LogP contribution in [0.4, 0.5) is 0 Å². The molecule has 0 aliphatic carbocycles. The van der Waals surface area contributed by atoms with E-state index in [0.29, 0.717) is 5.56 Å². The molecule has 0 aliphatic rings. The molecule has 0 unspecified atom stereocenters. The first-order valence-corrected chi connectivity index (χ1v) is 3.36. The molecule has 0 heterocycles. The topological polar surface area (TPSA) is 96.9 Å². The van der Waals surface area contributed by atoms with Crippen LogP contribution in [-0.2, 0) is 4.79 Å². The summed E-state index contributed by atoms with van der Waals surface area (Å²) < 4.78 is 23.5. The quantitative estimate of drug-likeness (QED) is 0.678. The SMILES string of the molecule is O=C(O)/C=C/c1ccc([O-])cc1.[2H][N+]([2H])([2H])[2H]. The number of quaternary nitrogens is 1. The van der Waals surface area contributed by atoms with E-state index in [1.807, 2.05) is 0 Å². The maximum atomic E-state index is 10.6. The van der Waals surface area contributed by atoms with E-state index in [2.05, 4.69) is 0 Å². The van der Waals surface area contributed by atoms with Crippen LogP contribution in [-0.4, -0.2) is 11.1 Å². The van der Waals surface area contributed by atoms with Crippen LogP contribution in [0, 0.1) is 0 Å². The van der Waals surface area contributed by atoms with E-state index in [1.165, 1.54) is 18.2 Å². The number of rotatable bonds is 2. The lowest BCUT2D eigenvalue weighted by Crippen LogP contribution is -1.88. The summed E-state index contributed by atoms with van der Waals surface area (Å²) in [6.07, 6.45) is 0.460. The maximum absolute atomic E-state index is 10.6. The van der Waals surface area contributed by atoms with Gasteiger partial charge in [0.05, 0.1) is 0 Å². The minimum atomic E-state index is -2.00. The first-order valence-electron chi connectivity index (χ1n) is 5.15. The largest absolute Gasteiger partial charge is 0.872 e. The number of aliphatic carboxylic acids is 1. The molecule has 0 spiro atoms. The number of benzene rings is 1. The zero-order valence-corrected chi connectivity index (χ0v) is 6.68. The molecular formula is C9H11NO3. The van der Waals surface area contributed by atoms with E-state index in [4.69, 9.17) is 10.8 Å². The highest BCUT2D eigenvalue weighted by atomic mass is 16.4. The monoisotopic (exact) mass is 185 g/mol. The van der Waals surface area contributed by atoms with E-state index in [0.717, 1.165) is 6.08 Å². The van der Waals surface area contributed by atoms with Crippen LogP contribution in [0.5, 0.6) is 5.75 Å². The van der Waals surface area contributed by atoms with Gasteiger partial charge in [0, 0.05) is 6.08 Å². The summed E-state index contributed by atoms with van der Waals surface area (Å²) in [5, 5.41) is 18.9. The summed E-state index contributed by atoms with van der Waals surface area (Å²) in [4.78, 5) is 10.1. The Morgan fingerprint density at radius 3 is 2.54 bits per heavy atom. The van der Waals surface area contributed by atoms with Gasteiger partial charge in [0.15, 0.2) is 0 Å². The van der Waals surface area contributed by atoms with Crippen molar-refractivity contribution in [2.45, 2.75) is 0 Å². The molecule has 70 valence electrons. The Morgan fingerprint density at radius 1 is 1.54 bits per heavy atom. The van der Waals surface area contributed by atoms with Gasteiger partial charge in [0.2, 0.25) is 0 Å². The van der Waals surface area contributed by atoms with Gasteiger partial charge < -0.3 is 16.3 Å². The average Bonchev–Trinajstić information content (AvgIpc) is 2.14. The fraction of sp³-hybridized carbons (Fsp3) is 0. The highest BCUT2D eigenvalue weighted by Crippen LogP contribution is 2.07. The van der Waals surface area contributed by atoms with Crippen molar-refractivity contribution >= 4 is 12.0 Å². The molecule has 0 fully saturated rings. The molecule has 5 N–H and O–H groups in total. The molecule has 1 aromatic rings. The molecule has 1 aromatic carbocycles. The Bertz CT molecular complexity index is 380. The summed E-state index contributed by atoms with van der Waals surface area (Å²) in [7, 11) is 0. The van der Waals surface area contributed by atoms with Crippen molar-refractivity contribution in [3.05, 3.63) is 35.9 Å². The predicted octanol–water partition coefficient (Wildman–Crippen LogP) is 1.23. The lowest BCUT2D eigenvalue weighted by atomic mass is 10.2. The smallest absolute Gasteiger partial charge is 0.342 e. The van der Waals surface area contributed by atoms with Crippen molar-refractivity contribution in [2.75, 3.05) is 0 Å². The van der Waals surface area contributed by atoms with E-state index in [1.54, 1.807) is 12.1 Å². The molecule has 4 nitrogen and oxygen atoms in total. The summed E-state index contributed by atoms with van der Waals surface area (Å²) in [5.74, 6) is -1.08. The fourth-order valence-corrected chi connectivity index (χ4v) is 0.746. The van der Waals surface area contributed by atoms with Gasteiger partial charge in [0.1, 0.15) is 0 Å². The van der Waals surface area contributed by atoms with E-state index in [9.17, 15) is 9.90 Å². The van der Waals surface area contributed by atoms with Crippen molar-refractivity contribution in [3.63, 3.8) is 0 Å². The standard InChI is InChI=1S/C9H8O3.H3N/c10-8-4-1-7(2-5-8)3-6-9(11)12;/h1-6,10H,(H,11,12);1H3/b6-3+;/i/hD4. The number of hydrogen-bond acceptors (Lipinski definition) is 2. The summed E-state index contributed by atoms with van der Waals surface area (Å²) in [6.45, 7) is 0. The highest BCUT2D eigenvalue weighted by Gasteiger charge is 1.86. The van der Waals surface area contributed by atoms with Crippen molar-refractivity contribution < 1.29 is 20.7 Å². The predicted molar refractivity (Wildman–Crippen MR) is 48.5 cm³/mol. The number of carbonyl (C=O) groups is 1. The van der Waals surface area contributed by atoms with Crippen molar-refractivity contribution in [1.29, 1.82) is 0 Å². The molecule has 1 rings (SSSR count). The first kappa shape index (κ1) is 5.77.